The third-order valence-corrected chi connectivity index (χ3v) is 4.02. The Morgan fingerprint density at radius 1 is 1.38 bits per heavy atom. The van der Waals surface area contributed by atoms with Crippen molar-refractivity contribution in [3.8, 4) is 0 Å². The minimum absolute atomic E-state index is 0.500. The molecule has 0 atom stereocenters. The topological polar surface area (TPSA) is 46.3 Å². The highest BCUT2D eigenvalue weighted by molar-refractivity contribution is 5.76. The van der Waals surface area contributed by atoms with Crippen molar-refractivity contribution in [2.24, 2.45) is 0 Å². The number of carbonyl (C=O) groups excluding carboxylic acids is 1. The second-order valence-corrected chi connectivity index (χ2v) is 5.80. The Balaban J connectivity index is 1.66. The second kappa shape index (κ2) is 6.29. The number of nitrogens with zero attached hydrogens (tertiary/aromatic N) is 2. The van der Waals surface area contributed by atoms with Crippen LogP contribution in [-0.4, -0.2) is 28.9 Å². The van der Waals surface area contributed by atoms with Gasteiger partial charge < -0.3 is 9.32 Å². The van der Waals surface area contributed by atoms with Crippen LogP contribution in [0.4, 0.5) is 0 Å². The molecule has 0 N–H and O–H groups in total. The first-order chi connectivity index (χ1) is 10.3. The molecule has 0 spiro atoms. The number of amides is 1. The van der Waals surface area contributed by atoms with Gasteiger partial charge in [-0.2, -0.15) is 0 Å². The van der Waals surface area contributed by atoms with Crippen LogP contribution < -0.4 is 0 Å². The van der Waals surface area contributed by atoms with E-state index in [0.29, 0.717) is 6.04 Å². The summed E-state index contributed by atoms with van der Waals surface area (Å²) in [5.74, 6) is 0.826. The smallest absolute Gasteiger partial charge is 0.209 e. The van der Waals surface area contributed by atoms with Gasteiger partial charge in [0.2, 0.25) is 6.41 Å². The van der Waals surface area contributed by atoms with E-state index in [1.807, 2.05) is 17.0 Å². The van der Waals surface area contributed by atoms with Crippen LogP contribution in [0.15, 0.2) is 22.6 Å². The molecule has 1 saturated carbocycles. The van der Waals surface area contributed by atoms with Crippen molar-refractivity contribution in [3.63, 3.8) is 0 Å². The van der Waals surface area contributed by atoms with Crippen LogP contribution in [-0.2, 0) is 17.6 Å². The molecule has 1 aromatic heterocycles. The van der Waals surface area contributed by atoms with Crippen molar-refractivity contribution in [1.82, 2.24) is 9.88 Å². The molecule has 0 radical (unpaired) electrons. The van der Waals surface area contributed by atoms with Gasteiger partial charge in [0, 0.05) is 19.0 Å². The van der Waals surface area contributed by atoms with Crippen LogP contribution >= 0.6 is 0 Å². The Kier molecular flexibility index (Phi) is 4.23. The molecule has 1 amide bonds. The van der Waals surface area contributed by atoms with Crippen LogP contribution in [0.1, 0.15) is 44.1 Å². The van der Waals surface area contributed by atoms with Gasteiger partial charge in [0.1, 0.15) is 5.52 Å². The molecule has 1 aliphatic rings. The number of hydrogen-bond donors (Lipinski definition) is 0. The molecule has 1 aliphatic carbocycles. The van der Waals surface area contributed by atoms with Crippen molar-refractivity contribution in [1.29, 1.82) is 0 Å². The first kappa shape index (κ1) is 14.1. The van der Waals surface area contributed by atoms with Gasteiger partial charge in [-0.05, 0) is 43.7 Å². The van der Waals surface area contributed by atoms with Gasteiger partial charge in [-0.1, -0.05) is 19.1 Å². The second-order valence-electron chi connectivity index (χ2n) is 5.80. The summed E-state index contributed by atoms with van der Waals surface area (Å²) < 4.78 is 5.89. The van der Waals surface area contributed by atoms with Gasteiger partial charge in [0.05, 0.1) is 0 Å². The van der Waals surface area contributed by atoms with E-state index in [0.717, 1.165) is 68.5 Å². The van der Waals surface area contributed by atoms with E-state index >= 15 is 0 Å². The fourth-order valence-corrected chi connectivity index (χ4v) is 2.75. The van der Waals surface area contributed by atoms with Crippen molar-refractivity contribution < 1.29 is 9.21 Å². The Bertz CT molecular complexity index is 616. The van der Waals surface area contributed by atoms with E-state index in [2.05, 4.69) is 18.0 Å². The zero-order chi connectivity index (χ0) is 14.7. The molecule has 21 heavy (non-hydrogen) atoms. The molecule has 4 heteroatoms. The number of aromatic nitrogens is 1. The predicted octanol–water partition coefficient (Wildman–Crippen LogP) is 3.33. The van der Waals surface area contributed by atoms with Crippen LogP contribution in [0.5, 0.6) is 0 Å². The summed E-state index contributed by atoms with van der Waals surface area (Å²) in [7, 11) is 0. The van der Waals surface area contributed by atoms with E-state index in [-0.39, 0.29) is 0 Å². The van der Waals surface area contributed by atoms with Gasteiger partial charge in [0.15, 0.2) is 11.5 Å². The molecule has 1 aromatic carbocycles. The summed E-state index contributed by atoms with van der Waals surface area (Å²) in [5, 5.41) is 0. The summed E-state index contributed by atoms with van der Waals surface area (Å²) in [5.41, 5.74) is 3.07. The van der Waals surface area contributed by atoms with E-state index in [1.165, 1.54) is 5.56 Å². The van der Waals surface area contributed by atoms with E-state index in [1.54, 1.807) is 0 Å². The Morgan fingerprint density at radius 2 is 2.24 bits per heavy atom. The van der Waals surface area contributed by atoms with Gasteiger partial charge >= 0.3 is 0 Å². The number of aryl methyl sites for hydroxylation is 2. The number of para-hydroxylation sites is 1. The van der Waals surface area contributed by atoms with Crippen LogP contribution in [0.2, 0.25) is 0 Å². The Hall–Kier alpha value is -1.84. The molecule has 0 aliphatic heterocycles. The average Bonchev–Trinajstić information content (AvgIpc) is 3.24. The van der Waals surface area contributed by atoms with E-state index < -0.39 is 0 Å². The lowest BCUT2D eigenvalue weighted by Gasteiger charge is -2.15. The largest absolute Gasteiger partial charge is 0.440 e. The molecular weight excluding hydrogens is 264 g/mol. The fourth-order valence-electron chi connectivity index (χ4n) is 2.75. The third kappa shape index (κ3) is 3.26. The van der Waals surface area contributed by atoms with Crippen LogP contribution in [0.25, 0.3) is 11.1 Å². The number of hydrogen-bond acceptors (Lipinski definition) is 3. The summed E-state index contributed by atoms with van der Waals surface area (Å²) in [6.07, 6.45) is 7.14. The van der Waals surface area contributed by atoms with Crippen molar-refractivity contribution in [2.75, 3.05) is 6.54 Å². The lowest BCUT2D eigenvalue weighted by Crippen LogP contribution is -2.25. The van der Waals surface area contributed by atoms with Gasteiger partial charge in [-0.25, -0.2) is 4.98 Å². The molecule has 2 aromatic rings. The lowest BCUT2D eigenvalue weighted by molar-refractivity contribution is -0.118. The van der Waals surface area contributed by atoms with Gasteiger partial charge in [-0.3, -0.25) is 4.79 Å². The first-order valence-corrected chi connectivity index (χ1v) is 7.90. The maximum absolute atomic E-state index is 11.0. The lowest BCUT2D eigenvalue weighted by atomic mass is 10.1. The summed E-state index contributed by atoms with van der Waals surface area (Å²) in [4.78, 5) is 17.5. The predicted molar refractivity (Wildman–Crippen MR) is 82.1 cm³/mol. The molecule has 0 unspecified atom stereocenters. The average molecular weight is 286 g/mol. The maximum atomic E-state index is 11.0. The molecule has 4 nitrogen and oxygen atoms in total. The van der Waals surface area contributed by atoms with Crippen molar-refractivity contribution in [3.05, 3.63) is 29.7 Å². The standard InChI is InChI=1S/C17H22N2O2/c1-2-5-16-18-15-8-3-6-13(17(15)21-16)7-4-11-19(12-20)14-9-10-14/h3,6,8,12,14H,2,4-5,7,9-11H2,1H3. The molecule has 0 bridgehead atoms. The van der Waals surface area contributed by atoms with Gasteiger partial charge in [-0.15, -0.1) is 0 Å². The Labute approximate surface area is 125 Å². The summed E-state index contributed by atoms with van der Waals surface area (Å²) >= 11 is 0. The van der Waals surface area contributed by atoms with Gasteiger partial charge in [0.25, 0.3) is 0 Å². The van der Waals surface area contributed by atoms with Crippen LogP contribution in [0, 0.1) is 0 Å². The highest BCUT2D eigenvalue weighted by Gasteiger charge is 2.27. The highest BCUT2D eigenvalue weighted by Crippen LogP contribution is 2.26. The highest BCUT2D eigenvalue weighted by atomic mass is 16.3. The normalized spacial score (nSPS) is 14.5. The number of fused-ring (bicyclic) bond motifs is 1. The quantitative estimate of drug-likeness (QED) is 0.699. The van der Waals surface area contributed by atoms with Crippen molar-refractivity contribution in [2.45, 2.75) is 51.5 Å². The van der Waals surface area contributed by atoms with Crippen LogP contribution in [0.3, 0.4) is 0 Å². The van der Waals surface area contributed by atoms with Crippen molar-refractivity contribution >= 4 is 17.5 Å². The SMILES string of the molecule is CCCc1nc2cccc(CCCN(C=O)C3CC3)c2o1. The number of benzene rings is 1. The Morgan fingerprint density at radius 3 is 2.95 bits per heavy atom. The third-order valence-electron chi connectivity index (χ3n) is 4.02. The maximum Gasteiger partial charge on any atom is 0.209 e. The number of rotatable bonds is 8. The minimum Gasteiger partial charge on any atom is -0.440 e. The molecular formula is C17H22N2O2. The first-order valence-electron chi connectivity index (χ1n) is 7.90. The molecule has 1 fully saturated rings. The van der Waals surface area contributed by atoms with E-state index in [9.17, 15) is 4.79 Å². The molecule has 112 valence electrons. The number of carbonyl (C=O) groups is 1. The number of oxazole rings is 1. The zero-order valence-corrected chi connectivity index (χ0v) is 12.5. The summed E-state index contributed by atoms with van der Waals surface area (Å²) in [6, 6.07) is 6.64. The van der Waals surface area contributed by atoms with E-state index in [4.69, 9.17) is 4.42 Å². The monoisotopic (exact) mass is 286 g/mol. The summed E-state index contributed by atoms with van der Waals surface area (Å²) in [6.45, 7) is 2.96. The zero-order valence-electron chi connectivity index (χ0n) is 12.5. The molecule has 1 heterocycles. The molecule has 0 saturated heterocycles. The minimum atomic E-state index is 0.500. The molecule has 3 rings (SSSR count). The fraction of sp³-hybridized carbons (Fsp3) is 0.529.